The first kappa shape index (κ1) is 11.9. The topological polar surface area (TPSA) is 62.9 Å². The highest BCUT2D eigenvalue weighted by atomic mass is 16.7. The molecule has 1 aliphatic heterocycles. The van der Waals surface area contributed by atoms with Crippen molar-refractivity contribution in [1.29, 1.82) is 0 Å². The molecule has 1 aromatic carbocycles. The summed E-state index contributed by atoms with van der Waals surface area (Å²) in [6.45, 7) is 0.836. The molecule has 0 saturated carbocycles. The second-order valence-corrected chi connectivity index (χ2v) is 3.73. The monoisotopic (exact) mass is 239 g/mol. The molecule has 0 amide bonds. The van der Waals surface area contributed by atoms with E-state index in [4.69, 9.17) is 24.7 Å². The van der Waals surface area contributed by atoms with E-state index in [0.717, 1.165) is 18.4 Å². The molecule has 0 unspecified atom stereocenters. The van der Waals surface area contributed by atoms with E-state index in [1.165, 1.54) is 0 Å². The Kier molecular flexibility index (Phi) is 3.58. The van der Waals surface area contributed by atoms with E-state index in [-0.39, 0.29) is 6.79 Å². The smallest absolute Gasteiger partial charge is 0.231 e. The molecule has 0 atom stereocenters. The van der Waals surface area contributed by atoms with Gasteiger partial charge in [0.1, 0.15) is 0 Å². The molecule has 2 N–H and O–H groups in total. The standard InChI is InChI=1S/C12H17NO4/c1-14-9-6-8(4-3-5-13)10(15-2)12-11(9)16-7-17-12/h6H,3-5,7,13H2,1-2H3. The number of methoxy groups -OCH3 is 2. The predicted octanol–water partition coefficient (Wildman–Crippen LogP) is 1.32. The molecule has 5 nitrogen and oxygen atoms in total. The Labute approximate surface area is 100 Å². The van der Waals surface area contributed by atoms with Gasteiger partial charge in [0.2, 0.25) is 18.3 Å². The second-order valence-electron chi connectivity index (χ2n) is 3.73. The number of ether oxygens (including phenoxy) is 4. The van der Waals surface area contributed by atoms with E-state index >= 15 is 0 Å². The van der Waals surface area contributed by atoms with Crippen LogP contribution >= 0.6 is 0 Å². The van der Waals surface area contributed by atoms with Crippen LogP contribution in [-0.4, -0.2) is 27.6 Å². The fourth-order valence-corrected chi connectivity index (χ4v) is 1.92. The van der Waals surface area contributed by atoms with Crippen molar-refractivity contribution in [2.24, 2.45) is 5.73 Å². The Balaban J connectivity index is 2.43. The number of aryl methyl sites for hydroxylation is 1. The lowest BCUT2D eigenvalue weighted by Gasteiger charge is -2.13. The third-order valence-corrected chi connectivity index (χ3v) is 2.71. The van der Waals surface area contributed by atoms with Gasteiger partial charge in [-0.05, 0) is 25.5 Å². The van der Waals surface area contributed by atoms with Gasteiger partial charge in [0, 0.05) is 5.56 Å². The van der Waals surface area contributed by atoms with Crippen LogP contribution in [0, 0.1) is 0 Å². The maximum absolute atomic E-state index is 5.52. The first-order valence-corrected chi connectivity index (χ1v) is 5.55. The van der Waals surface area contributed by atoms with E-state index in [1.807, 2.05) is 6.07 Å². The van der Waals surface area contributed by atoms with E-state index in [9.17, 15) is 0 Å². The second kappa shape index (κ2) is 5.14. The van der Waals surface area contributed by atoms with Gasteiger partial charge in [0.15, 0.2) is 11.5 Å². The lowest BCUT2D eigenvalue weighted by Crippen LogP contribution is -2.02. The molecule has 0 radical (unpaired) electrons. The maximum atomic E-state index is 5.52. The Morgan fingerprint density at radius 3 is 2.65 bits per heavy atom. The fourth-order valence-electron chi connectivity index (χ4n) is 1.92. The highest BCUT2D eigenvalue weighted by molar-refractivity contribution is 5.63. The predicted molar refractivity (Wildman–Crippen MR) is 63.0 cm³/mol. The fraction of sp³-hybridized carbons (Fsp3) is 0.500. The van der Waals surface area contributed by atoms with Crippen molar-refractivity contribution in [3.8, 4) is 23.0 Å². The van der Waals surface area contributed by atoms with Crippen LogP contribution in [0.5, 0.6) is 23.0 Å². The summed E-state index contributed by atoms with van der Waals surface area (Å²) in [5, 5.41) is 0. The zero-order chi connectivity index (χ0) is 12.3. The number of nitrogens with two attached hydrogens (primary N) is 1. The average molecular weight is 239 g/mol. The Morgan fingerprint density at radius 1 is 1.24 bits per heavy atom. The van der Waals surface area contributed by atoms with Crippen LogP contribution in [0.1, 0.15) is 12.0 Å². The molecule has 0 spiro atoms. The number of hydrogen-bond donors (Lipinski definition) is 1. The summed E-state index contributed by atoms with van der Waals surface area (Å²) in [4.78, 5) is 0. The summed E-state index contributed by atoms with van der Waals surface area (Å²) >= 11 is 0. The van der Waals surface area contributed by atoms with E-state index in [2.05, 4.69) is 0 Å². The van der Waals surface area contributed by atoms with Crippen molar-refractivity contribution < 1.29 is 18.9 Å². The van der Waals surface area contributed by atoms with Crippen LogP contribution < -0.4 is 24.7 Å². The lowest BCUT2D eigenvalue weighted by atomic mass is 10.1. The number of hydrogen-bond acceptors (Lipinski definition) is 5. The molecule has 1 heterocycles. The van der Waals surface area contributed by atoms with Gasteiger partial charge in [-0.1, -0.05) is 0 Å². The Hall–Kier alpha value is -1.62. The quantitative estimate of drug-likeness (QED) is 0.839. The third-order valence-electron chi connectivity index (χ3n) is 2.71. The summed E-state index contributed by atoms with van der Waals surface area (Å²) in [7, 11) is 3.23. The largest absolute Gasteiger partial charge is 0.493 e. The van der Waals surface area contributed by atoms with Gasteiger partial charge in [-0.25, -0.2) is 0 Å². The van der Waals surface area contributed by atoms with Crippen LogP contribution in [0.3, 0.4) is 0 Å². The van der Waals surface area contributed by atoms with Crippen LogP contribution in [-0.2, 0) is 6.42 Å². The molecule has 0 fully saturated rings. The highest BCUT2D eigenvalue weighted by Gasteiger charge is 2.26. The number of rotatable bonds is 5. The van der Waals surface area contributed by atoms with Crippen molar-refractivity contribution in [1.82, 2.24) is 0 Å². The molecular weight excluding hydrogens is 222 g/mol. The molecule has 0 aliphatic carbocycles. The first-order chi connectivity index (χ1) is 8.31. The zero-order valence-corrected chi connectivity index (χ0v) is 10.1. The van der Waals surface area contributed by atoms with Crippen molar-refractivity contribution in [2.45, 2.75) is 12.8 Å². The van der Waals surface area contributed by atoms with Crippen molar-refractivity contribution in [3.63, 3.8) is 0 Å². The molecule has 0 saturated heterocycles. The maximum Gasteiger partial charge on any atom is 0.231 e. The summed E-state index contributed by atoms with van der Waals surface area (Å²) in [5.41, 5.74) is 6.55. The number of fused-ring (bicyclic) bond motifs is 1. The highest BCUT2D eigenvalue weighted by Crippen LogP contribution is 2.49. The molecule has 17 heavy (non-hydrogen) atoms. The van der Waals surface area contributed by atoms with E-state index in [1.54, 1.807) is 14.2 Å². The van der Waals surface area contributed by atoms with E-state index in [0.29, 0.717) is 29.5 Å². The third kappa shape index (κ3) is 2.10. The van der Waals surface area contributed by atoms with Crippen molar-refractivity contribution in [2.75, 3.05) is 27.6 Å². The van der Waals surface area contributed by atoms with Gasteiger partial charge in [-0.2, -0.15) is 0 Å². The molecule has 1 aliphatic rings. The normalized spacial score (nSPS) is 12.6. The minimum absolute atomic E-state index is 0.197. The number of benzene rings is 1. The van der Waals surface area contributed by atoms with Crippen molar-refractivity contribution >= 4 is 0 Å². The molecule has 0 aromatic heterocycles. The molecule has 2 rings (SSSR count). The van der Waals surface area contributed by atoms with Crippen LogP contribution in [0.25, 0.3) is 0 Å². The minimum Gasteiger partial charge on any atom is -0.493 e. The van der Waals surface area contributed by atoms with Gasteiger partial charge in [0.25, 0.3) is 0 Å². The first-order valence-electron chi connectivity index (χ1n) is 5.55. The summed E-state index contributed by atoms with van der Waals surface area (Å²) in [6, 6.07) is 1.92. The van der Waals surface area contributed by atoms with Gasteiger partial charge in [-0.15, -0.1) is 0 Å². The van der Waals surface area contributed by atoms with Crippen LogP contribution in [0.4, 0.5) is 0 Å². The Bertz CT molecular complexity index is 406. The minimum atomic E-state index is 0.197. The van der Waals surface area contributed by atoms with Gasteiger partial charge >= 0.3 is 0 Å². The summed E-state index contributed by atoms with van der Waals surface area (Å²) in [5.74, 6) is 2.62. The SMILES string of the molecule is COc1cc(CCCN)c(OC)c2c1OCO2. The van der Waals surface area contributed by atoms with Gasteiger partial charge in [0.05, 0.1) is 14.2 Å². The lowest BCUT2D eigenvalue weighted by molar-refractivity contribution is 0.168. The average Bonchev–Trinajstić information content (AvgIpc) is 2.83. The molecule has 0 bridgehead atoms. The van der Waals surface area contributed by atoms with Gasteiger partial charge in [-0.3, -0.25) is 0 Å². The molecule has 94 valence electrons. The molecule has 5 heteroatoms. The van der Waals surface area contributed by atoms with Crippen LogP contribution in [0.15, 0.2) is 6.07 Å². The van der Waals surface area contributed by atoms with Crippen molar-refractivity contribution in [3.05, 3.63) is 11.6 Å². The van der Waals surface area contributed by atoms with E-state index < -0.39 is 0 Å². The molecule has 1 aromatic rings. The zero-order valence-electron chi connectivity index (χ0n) is 10.1. The molecular formula is C12H17NO4. The van der Waals surface area contributed by atoms with Crippen LogP contribution in [0.2, 0.25) is 0 Å². The van der Waals surface area contributed by atoms with Gasteiger partial charge < -0.3 is 24.7 Å². The Morgan fingerprint density at radius 2 is 2.00 bits per heavy atom. The summed E-state index contributed by atoms with van der Waals surface area (Å²) < 4.78 is 21.5. The summed E-state index contributed by atoms with van der Waals surface area (Å²) in [6.07, 6.45) is 1.71.